The number of nitrogens with zero attached hydrogens (tertiary/aromatic N) is 3. The summed E-state index contributed by atoms with van der Waals surface area (Å²) in [5, 5.41) is 24.2. The van der Waals surface area contributed by atoms with Crippen molar-refractivity contribution in [1.82, 2.24) is 15.2 Å². The Morgan fingerprint density at radius 3 is 3.08 bits per heavy atom. The van der Waals surface area contributed by atoms with Gasteiger partial charge in [0.25, 0.3) is 0 Å². The molecule has 3 rings (SSSR count). The third-order valence-electron chi connectivity index (χ3n) is 4.71. The number of carbonyl (C=O) groups excluding carboxylic acids is 1. The lowest BCUT2D eigenvalue weighted by atomic mass is 9.81. The first-order valence-electron chi connectivity index (χ1n) is 8.00. The SMILES string of the molecule is N#Cc1cccnc1NCCNC(=O)N1C[C@@H]2COC[C@]2(C(=O)O)C1. The van der Waals surface area contributed by atoms with Gasteiger partial charge >= 0.3 is 12.0 Å². The van der Waals surface area contributed by atoms with Crippen LogP contribution in [0.25, 0.3) is 0 Å². The number of likely N-dealkylation sites (tertiary alicyclic amines) is 1. The van der Waals surface area contributed by atoms with Gasteiger partial charge in [-0.1, -0.05) is 0 Å². The van der Waals surface area contributed by atoms with Crippen LogP contribution in [0.3, 0.4) is 0 Å². The summed E-state index contributed by atoms with van der Waals surface area (Å²) in [4.78, 5) is 29.4. The molecule has 25 heavy (non-hydrogen) atoms. The number of rotatable bonds is 5. The molecule has 0 radical (unpaired) electrons. The highest BCUT2D eigenvalue weighted by atomic mass is 16.5. The van der Waals surface area contributed by atoms with Gasteiger partial charge in [-0.25, -0.2) is 9.78 Å². The number of carbonyl (C=O) groups is 2. The largest absolute Gasteiger partial charge is 0.481 e. The van der Waals surface area contributed by atoms with E-state index in [9.17, 15) is 14.7 Å². The molecule has 2 fully saturated rings. The maximum atomic E-state index is 12.3. The zero-order chi connectivity index (χ0) is 17.9. The molecule has 0 bridgehead atoms. The molecular formula is C16H19N5O4. The number of hydrogen-bond donors (Lipinski definition) is 3. The van der Waals surface area contributed by atoms with E-state index in [-0.39, 0.29) is 25.1 Å². The smallest absolute Gasteiger partial charge is 0.317 e. The Kier molecular flexibility index (Phi) is 4.72. The summed E-state index contributed by atoms with van der Waals surface area (Å²) < 4.78 is 5.29. The fourth-order valence-electron chi connectivity index (χ4n) is 3.29. The monoisotopic (exact) mass is 345 g/mol. The molecule has 1 aromatic heterocycles. The van der Waals surface area contributed by atoms with Crippen molar-refractivity contribution in [3.63, 3.8) is 0 Å². The van der Waals surface area contributed by atoms with Crippen LogP contribution in [0.15, 0.2) is 18.3 Å². The van der Waals surface area contributed by atoms with E-state index in [1.165, 1.54) is 4.90 Å². The van der Waals surface area contributed by atoms with Crippen LogP contribution in [-0.2, 0) is 9.53 Å². The van der Waals surface area contributed by atoms with Gasteiger partial charge in [-0.2, -0.15) is 5.26 Å². The number of carboxylic acids is 1. The Morgan fingerprint density at radius 2 is 2.36 bits per heavy atom. The highest BCUT2D eigenvalue weighted by Crippen LogP contribution is 2.41. The van der Waals surface area contributed by atoms with Crippen molar-refractivity contribution in [2.75, 3.05) is 44.7 Å². The molecule has 0 aliphatic carbocycles. The molecule has 3 N–H and O–H groups in total. The number of ether oxygens (including phenoxy) is 1. The van der Waals surface area contributed by atoms with Gasteiger partial charge < -0.3 is 25.4 Å². The quantitative estimate of drug-likeness (QED) is 0.646. The zero-order valence-corrected chi connectivity index (χ0v) is 13.6. The zero-order valence-electron chi connectivity index (χ0n) is 13.6. The molecule has 0 saturated carbocycles. The molecule has 2 atom stereocenters. The van der Waals surface area contributed by atoms with Crippen molar-refractivity contribution in [3.05, 3.63) is 23.9 Å². The number of anilines is 1. The molecule has 2 amide bonds. The number of amides is 2. The normalized spacial score (nSPS) is 24.4. The lowest BCUT2D eigenvalue weighted by Crippen LogP contribution is -2.44. The van der Waals surface area contributed by atoms with Crippen LogP contribution in [0.1, 0.15) is 5.56 Å². The maximum absolute atomic E-state index is 12.3. The van der Waals surface area contributed by atoms with Crippen LogP contribution in [-0.4, -0.2) is 66.4 Å². The lowest BCUT2D eigenvalue weighted by molar-refractivity contribution is -0.149. The fraction of sp³-hybridized carbons (Fsp3) is 0.500. The topological polar surface area (TPSA) is 128 Å². The Bertz CT molecular complexity index is 719. The van der Waals surface area contributed by atoms with Crippen LogP contribution < -0.4 is 10.6 Å². The van der Waals surface area contributed by atoms with E-state index in [0.29, 0.717) is 37.6 Å². The van der Waals surface area contributed by atoms with Gasteiger partial charge in [0.15, 0.2) is 0 Å². The van der Waals surface area contributed by atoms with Gasteiger partial charge in [0, 0.05) is 38.3 Å². The minimum absolute atomic E-state index is 0.148. The molecule has 132 valence electrons. The summed E-state index contributed by atoms with van der Waals surface area (Å²) >= 11 is 0. The number of aliphatic carboxylic acids is 1. The van der Waals surface area contributed by atoms with E-state index in [2.05, 4.69) is 15.6 Å². The molecule has 0 spiro atoms. The minimum Gasteiger partial charge on any atom is -0.481 e. The first-order valence-corrected chi connectivity index (χ1v) is 8.00. The number of carboxylic acid groups (broad SMARTS) is 1. The Balaban J connectivity index is 1.48. The van der Waals surface area contributed by atoms with Crippen molar-refractivity contribution in [3.8, 4) is 6.07 Å². The first kappa shape index (κ1) is 17.0. The van der Waals surface area contributed by atoms with Gasteiger partial charge in [0.05, 0.1) is 18.8 Å². The number of pyridine rings is 1. The molecule has 2 saturated heterocycles. The van der Waals surface area contributed by atoms with E-state index < -0.39 is 11.4 Å². The van der Waals surface area contributed by atoms with Crippen LogP contribution in [0, 0.1) is 22.7 Å². The lowest BCUT2D eigenvalue weighted by Gasteiger charge is -2.22. The Hall–Kier alpha value is -2.86. The van der Waals surface area contributed by atoms with Crippen LogP contribution >= 0.6 is 0 Å². The highest BCUT2D eigenvalue weighted by Gasteiger charge is 2.57. The second kappa shape index (κ2) is 6.94. The van der Waals surface area contributed by atoms with E-state index in [0.717, 1.165) is 0 Å². The van der Waals surface area contributed by atoms with E-state index in [1.54, 1.807) is 18.3 Å². The summed E-state index contributed by atoms with van der Waals surface area (Å²) in [6, 6.07) is 5.08. The number of aromatic nitrogens is 1. The van der Waals surface area contributed by atoms with Gasteiger partial charge in [-0.05, 0) is 12.1 Å². The second-order valence-electron chi connectivity index (χ2n) is 6.22. The Morgan fingerprint density at radius 1 is 1.52 bits per heavy atom. The summed E-state index contributed by atoms with van der Waals surface area (Å²) in [6.45, 7) is 1.79. The predicted octanol–water partition coefficient (Wildman–Crippen LogP) is 0.108. The molecule has 2 aliphatic heterocycles. The summed E-state index contributed by atoms with van der Waals surface area (Å²) in [6.07, 6.45) is 1.58. The number of hydrogen-bond acceptors (Lipinski definition) is 6. The van der Waals surface area contributed by atoms with Crippen molar-refractivity contribution in [2.24, 2.45) is 11.3 Å². The Labute approximate surface area is 144 Å². The number of urea groups is 1. The summed E-state index contributed by atoms with van der Waals surface area (Å²) in [5.74, 6) is -0.608. The van der Waals surface area contributed by atoms with E-state index in [4.69, 9.17) is 10.00 Å². The molecule has 1 aromatic rings. The minimum atomic E-state index is -0.981. The van der Waals surface area contributed by atoms with Crippen molar-refractivity contribution >= 4 is 17.8 Å². The second-order valence-corrected chi connectivity index (χ2v) is 6.22. The van der Waals surface area contributed by atoms with Crippen LogP contribution in [0.5, 0.6) is 0 Å². The highest BCUT2D eigenvalue weighted by molar-refractivity contribution is 5.80. The number of nitriles is 1. The fourth-order valence-corrected chi connectivity index (χ4v) is 3.29. The van der Waals surface area contributed by atoms with Crippen molar-refractivity contribution in [2.45, 2.75) is 0 Å². The predicted molar refractivity (Wildman–Crippen MR) is 86.8 cm³/mol. The third-order valence-corrected chi connectivity index (χ3v) is 4.71. The number of fused-ring (bicyclic) bond motifs is 1. The van der Waals surface area contributed by atoms with E-state index >= 15 is 0 Å². The van der Waals surface area contributed by atoms with Crippen molar-refractivity contribution in [1.29, 1.82) is 5.26 Å². The first-order chi connectivity index (χ1) is 12.1. The molecular weight excluding hydrogens is 326 g/mol. The van der Waals surface area contributed by atoms with Crippen molar-refractivity contribution < 1.29 is 19.4 Å². The van der Waals surface area contributed by atoms with Gasteiger partial charge in [0.1, 0.15) is 17.3 Å². The molecule has 2 aliphatic rings. The maximum Gasteiger partial charge on any atom is 0.317 e. The van der Waals surface area contributed by atoms with Gasteiger partial charge in [-0.15, -0.1) is 0 Å². The van der Waals surface area contributed by atoms with Crippen LogP contribution in [0.2, 0.25) is 0 Å². The molecule has 3 heterocycles. The summed E-state index contributed by atoms with van der Waals surface area (Å²) in [5.41, 5.74) is -0.546. The van der Waals surface area contributed by atoms with Gasteiger partial charge in [-0.3, -0.25) is 4.79 Å². The van der Waals surface area contributed by atoms with Gasteiger partial charge in [0.2, 0.25) is 0 Å². The van der Waals surface area contributed by atoms with Crippen LogP contribution in [0.4, 0.5) is 10.6 Å². The average molecular weight is 345 g/mol. The standard InChI is InChI=1S/C16H19N5O4/c17-6-11-2-1-3-18-13(11)19-4-5-20-15(24)21-7-12-8-25-10-16(12,9-21)14(22)23/h1-3,12H,4-5,7-10H2,(H,18,19)(H,20,24)(H,22,23)/t12-,16-/m1/s1. The average Bonchev–Trinajstić information content (AvgIpc) is 3.17. The number of nitrogens with one attached hydrogen (secondary N) is 2. The van der Waals surface area contributed by atoms with E-state index in [1.807, 2.05) is 6.07 Å². The molecule has 9 nitrogen and oxygen atoms in total. The third kappa shape index (κ3) is 3.21. The molecule has 9 heteroatoms. The molecule has 0 unspecified atom stereocenters. The summed E-state index contributed by atoms with van der Waals surface area (Å²) in [7, 11) is 0. The molecule has 0 aromatic carbocycles.